The van der Waals surface area contributed by atoms with Crippen molar-refractivity contribution in [3.05, 3.63) is 66.2 Å². The second-order valence-electron chi connectivity index (χ2n) is 4.07. The highest BCUT2D eigenvalue weighted by Gasteiger charge is 2.27. The van der Waals surface area contributed by atoms with E-state index in [2.05, 4.69) is 0 Å². The Kier molecular flexibility index (Phi) is 4.18. The molecule has 0 amide bonds. The predicted molar refractivity (Wildman–Crippen MR) is 76.1 cm³/mol. The molecule has 2 aromatic rings. The number of carbonyl (C=O) groups excluding carboxylic acids is 1. The minimum absolute atomic E-state index is 0.287. The summed E-state index contributed by atoms with van der Waals surface area (Å²) < 4.78 is 18.0. The van der Waals surface area contributed by atoms with Crippen molar-refractivity contribution in [2.24, 2.45) is 0 Å². The molecule has 3 nitrogen and oxygen atoms in total. The van der Waals surface area contributed by atoms with Gasteiger partial charge < -0.3 is 4.52 Å². The van der Waals surface area contributed by atoms with Crippen molar-refractivity contribution in [1.29, 1.82) is 0 Å². The Morgan fingerprint density at radius 1 is 1.00 bits per heavy atom. The Morgan fingerprint density at radius 2 is 1.53 bits per heavy atom. The molecule has 1 unspecified atom stereocenters. The van der Waals surface area contributed by atoms with Crippen LogP contribution in [0.2, 0.25) is 0 Å². The average Bonchev–Trinajstić information content (AvgIpc) is 2.49. The van der Waals surface area contributed by atoms with E-state index < -0.39 is 13.3 Å². The summed E-state index contributed by atoms with van der Waals surface area (Å²) in [4.78, 5) is 12.0. The fourth-order valence-electron chi connectivity index (χ4n) is 1.72. The minimum Gasteiger partial charge on any atom is -0.405 e. The highest BCUT2D eigenvalue weighted by Crippen LogP contribution is 2.45. The molecule has 0 saturated carbocycles. The van der Waals surface area contributed by atoms with E-state index >= 15 is 0 Å². The van der Waals surface area contributed by atoms with Crippen molar-refractivity contribution in [2.45, 2.75) is 6.92 Å². The van der Waals surface area contributed by atoms with Gasteiger partial charge in [0.25, 0.3) is 7.37 Å². The van der Waals surface area contributed by atoms with Gasteiger partial charge in [0.1, 0.15) is 0 Å². The summed E-state index contributed by atoms with van der Waals surface area (Å²) in [6, 6.07) is 17.5. The van der Waals surface area contributed by atoms with Crippen LogP contribution in [0.15, 0.2) is 60.7 Å². The van der Waals surface area contributed by atoms with Crippen LogP contribution in [0.25, 0.3) is 0 Å². The Hall–Kier alpha value is -1.86. The van der Waals surface area contributed by atoms with Crippen LogP contribution in [0.3, 0.4) is 0 Å². The van der Waals surface area contributed by atoms with Gasteiger partial charge in [-0.2, -0.15) is 0 Å². The molecule has 0 bridgehead atoms. The predicted octanol–water partition coefficient (Wildman–Crippen LogP) is 3.47. The molecular formula is C15H15O3P. The SMILES string of the molecule is CCP(=O)(OC(=O)c1ccccc1)c1ccccc1. The first-order valence-electron chi connectivity index (χ1n) is 6.09. The van der Waals surface area contributed by atoms with Crippen LogP contribution < -0.4 is 5.30 Å². The van der Waals surface area contributed by atoms with E-state index in [0.29, 0.717) is 10.9 Å². The molecule has 2 aromatic carbocycles. The maximum Gasteiger partial charge on any atom is 0.343 e. The van der Waals surface area contributed by atoms with Crippen molar-refractivity contribution in [1.82, 2.24) is 0 Å². The summed E-state index contributed by atoms with van der Waals surface area (Å²) in [6.07, 6.45) is 0.287. The van der Waals surface area contributed by atoms with Gasteiger partial charge in [-0.25, -0.2) is 4.79 Å². The third kappa shape index (κ3) is 3.12. The molecule has 0 spiro atoms. The van der Waals surface area contributed by atoms with Crippen LogP contribution >= 0.6 is 7.37 Å². The van der Waals surface area contributed by atoms with E-state index in [1.54, 1.807) is 55.5 Å². The number of benzene rings is 2. The first-order valence-corrected chi connectivity index (χ1v) is 7.90. The van der Waals surface area contributed by atoms with Gasteiger partial charge in [0.05, 0.1) is 5.56 Å². The quantitative estimate of drug-likeness (QED) is 0.802. The van der Waals surface area contributed by atoms with Crippen molar-refractivity contribution in [3.8, 4) is 0 Å². The third-order valence-electron chi connectivity index (χ3n) is 2.81. The van der Waals surface area contributed by atoms with Gasteiger partial charge in [-0.15, -0.1) is 0 Å². The maximum absolute atomic E-state index is 12.7. The fraction of sp³-hybridized carbons (Fsp3) is 0.133. The zero-order valence-corrected chi connectivity index (χ0v) is 11.5. The van der Waals surface area contributed by atoms with Gasteiger partial charge in [0.2, 0.25) is 0 Å². The molecule has 98 valence electrons. The third-order valence-corrected chi connectivity index (χ3v) is 5.18. The number of hydrogen-bond acceptors (Lipinski definition) is 3. The van der Waals surface area contributed by atoms with Gasteiger partial charge >= 0.3 is 5.97 Å². The summed E-state index contributed by atoms with van der Waals surface area (Å²) in [5, 5.41) is 0.571. The topological polar surface area (TPSA) is 43.4 Å². The Labute approximate surface area is 112 Å². The van der Waals surface area contributed by atoms with E-state index in [0.717, 1.165) is 0 Å². The highest BCUT2D eigenvalue weighted by atomic mass is 31.2. The first kappa shape index (κ1) is 13.6. The van der Waals surface area contributed by atoms with Crippen molar-refractivity contribution in [3.63, 3.8) is 0 Å². The van der Waals surface area contributed by atoms with Gasteiger partial charge in [-0.3, -0.25) is 4.57 Å². The number of hydrogen-bond donors (Lipinski definition) is 0. The fourth-order valence-corrected chi connectivity index (χ4v) is 3.32. The standard InChI is InChI=1S/C15H15O3P/c1-2-19(17,14-11-7-4-8-12-14)18-15(16)13-9-5-3-6-10-13/h3-12H,2H2,1H3. The molecule has 0 aliphatic rings. The van der Waals surface area contributed by atoms with Gasteiger partial charge in [-0.1, -0.05) is 43.3 Å². The summed E-state index contributed by atoms with van der Waals surface area (Å²) in [5.74, 6) is -0.547. The molecular weight excluding hydrogens is 259 g/mol. The Balaban J connectivity index is 2.25. The lowest BCUT2D eigenvalue weighted by Gasteiger charge is -2.17. The maximum atomic E-state index is 12.7. The lowest BCUT2D eigenvalue weighted by atomic mass is 10.2. The van der Waals surface area contributed by atoms with E-state index in [9.17, 15) is 9.36 Å². The second-order valence-corrected chi connectivity index (χ2v) is 6.75. The zero-order chi connectivity index (χ0) is 13.7. The Morgan fingerprint density at radius 3 is 2.05 bits per heavy atom. The largest absolute Gasteiger partial charge is 0.405 e. The zero-order valence-electron chi connectivity index (χ0n) is 10.7. The van der Waals surface area contributed by atoms with Gasteiger partial charge in [0.15, 0.2) is 0 Å². The summed E-state index contributed by atoms with van der Waals surface area (Å²) in [7, 11) is -3.12. The summed E-state index contributed by atoms with van der Waals surface area (Å²) in [6.45, 7) is 1.76. The van der Waals surface area contributed by atoms with E-state index in [-0.39, 0.29) is 6.16 Å². The molecule has 0 fully saturated rings. The molecule has 19 heavy (non-hydrogen) atoms. The van der Waals surface area contributed by atoms with Crippen LogP contribution in [0.5, 0.6) is 0 Å². The molecule has 0 aliphatic carbocycles. The van der Waals surface area contributed by atoms with E-state index in [1.807, 2.05) is 12.1 Å². The summed E-state index contributed by atoms with van der Waals surface area (Å²) in [5.41, 5.74) is 0.409. The molecule has 4 heteroatoms. The number of carbonyl (C=O) groups is 1. The van der Waals surface area contributed by atoms with Crippen LogP contribution in [0.4, 0.5) is 0 Å². The second kappa shape index (κ2) is 5.85. The average molecular weight is 274 g/mol. The molecule has 0 heterocycles. The van der Waals surface area contributed by atoms with Gasteiger partial charge in [-0.05, 0) is 24.3 Å². The monoisotopic (exact) mass is 274 g/mol. The summed E-state index contributed by atoms with van der Waals surface area (Å²) >= 11 is 0. The van der Waals surface area contributed by atoms with E-state index in [1.165, 1.54) is 0 Å². The molecule has 0 radical (unpaired) electrons. The Bertz CT molecular complexity index is 593. The van der Waals surface area contributed by atoms with Crippen molar-refractivity contribution < 1.29 is 13.9 Å². The van der Waals surface area contributed by atoms with Crippen molar-refractivity contribution in [2.75, 3.05) is 6.16 Å². The molecule has 0 aromatic heterocycles. The highest BCUT2D eigenvalue weighted by molar-refractivity contribution is 7.67. The number of rotatable bonds is 4. The minimum atomic E-state index is -3.12. The lowest BCUT2D eigenvalue weighted by Crippen LogP contribution is -2.13. The van der Waals surface area contributed by atoms with Gasteiger partial charge in [0, 0.05) is 11.5 Å². The molecule has 0 N–H and O–H groups in total. The molecule has 2 rings (SSSR count). The lowest BCUT2D eigenvalue weighted by molar-refractivity contribution is 0.0744. The smallest absolute Gasteiger partial charge is 0.343 e. The first-order chi connectivity index (χ1) is 9.15. The molecule has 0 saturated heterocycles. The van der Waals surface area contributed by atoms with Crippen LogP contribution in [-0.2, 0) is 9.09 Å². The van der Waals surface area contributed by atoms with E-state index in [4.69, 9.17) is 4.52 Å². The molecule has 1 atom stereocenters. The molecule has 0 aliphatic heterocycles. The van der Waals surface area contributed by atoms with Crippen molar-refractivity contribution >= 4 is 18.6 Å². The van der Waals surface area contributed by atoms with Crippen LogP contribution in [-0.4, -0.2) is 12.1 Å². The van der Waals surface area contributed by atoms with Crippen LogP contribution in [0.1, 0.15) is 17.3 Å². The van der Waals surface area contributed by atoms with Crippen LogP contribution in [0, 0.1) is 0 Å². The normalized spacial score (nSPS) is 13.5.